The van der Waals surface area contributed by atoms with E-state index >= 15 is 0 Å². The van der Waals surface area contributed by atoms with Gasteiger partial charge in [-0.3, -0.25) is 4.79 Å². The zero-order valence-electron chi connectivity index (χ0n) is 11.6. The zero-order valence-corrected chi connectivity index (χ0v) is 12.4. The highest BCUT2D eigenvalue weighted by Crippen LogP contribution is 2.23. The van der Waals surface area contributed by atoms with Gasteiger partial charge in [0.05, 0.1) is 12.6 Å². The molecule has 2 aromatic heterocycles. The molecule has 6 heteroatoms. The summed E-state index contributed by atoms with van der Waals surface area (Å²) in [6.07, 6.45) is 1.91. The molecule has 0 fully saturated rings. The van der Waals surface area contributed by atoms with Gasteiger partial charge >= 0.3 is 0 Å². The van der Waals surface area contributed by atoms with E-state index in [4.69, 9.17) is 4.52 Å². The lowest BCUT2D eigenvalue weighted by Gasteiger charge is -2.04. The smallest absolute Gasteiger partial charge is 0.224 e. The first kappa shape index (κ1) is 14.5. The van der Waals surface area contributed by atoms with Crippen LogP contribution in [0.5, 0.6) is 0 Å². The van der Waals surface area contributed by atoms with Crippen molar-refractivity contribution in [3.05, 3.63) is 64.2 Å². The average molecular weight is 316 g/mol. The summed E-state index contributed by atoms with van der Waals surface area (Å²) in [5.74, 6) is 0.161. The highest BCUT2D eigenvalue weighted by atomic mass is 32.1. The zero-order chi connectivity index (χ0) is 15.4. The molecule has 4 nitrogen and oxygen atoms in total. The molecule has 1 aromatic carbocycles. The summed E-state index contributed by atoms with van der Waals surface area (Å²) in [4.78, 5) is 11.9. The molecule has 0 saturated heterocycles. The summed E-state index contributed by atoms with van der Waals surface area (Å²) in [7, 11) is 0. The number of carbonyl (C=O) groups is 1. The molecule has 0 atom stereocenters. The number of rotatable bonds is 5. The van der Waals surface area contributed by atoms with Crippen molar-refractivity contribution < 1.29 is 13.7 Å². The maximum absolute atomic E-state index is 13.0. The number of halogens is 1. The number of nitrogens with zero attached hydrogens (tertiary/aromatic N) is 1. The molecule has 1 amide bonds. The molecule has 0 radical (unpaired) electrons. The van der Waals surface area contributed by atoms with Crippen LogP contribution >= 0.6 is 11.3 Å². The second-order valence-corrected chi connectivity index (χ2v) is 5.55. The first-order valence-corrected chi connectivity index (χ1v) is 7.64. The first-order chi connectivity index (χ1) is 10.7. The van der Waals surface area contributed by atoms with Gasteiger partial charge in [-0.25, -0.2) is 4.39 Å². The van der Waals surface area contributed by atoms with Gasteiger partial charge in [0.2, 0.25) is 5.91 Å². The summed E-state index contributed by atoms with van der Waals surface area (Å²) in [5, 5.41) is 10.5. The van der Waals surface area contributed by atoms with Crippen LogP contribution in [0.3, 0.4) is 0 Å². The molecule has 0 aliphatic heterocycles. The lowest BCUT2D eigenvalue weighted by Crippen LogP contribution is -2.24. The summed E-state index contributed by atoms with van der Waals surface area (Å²) < 4.78 is 18.2. The van der Waals surface area contributed by atoms with Crippen LogP contribution < -0.4 is 5.32 Å². The Hall–Kier alpha value is -2.47. The van der Waals surface area contributed by atoms with E-state index in [-0.39, 0.29) is 11.7 Å². The molecule has 0 spiro atoms. The summed E-state index contributed by atoms with van der Waals surface area (Å²) >= 11 is 1.56. The fourth-order valence-electron chi connectivity index (χ4n) is 2.06. The van der Waals surface area contributed by atoms with Gasteiger partial charge in [0.1, 0.15) is 5.82 Å². The Morgan fingerprint density at radius 2 is 2.09 bits per heavy atom. The lowest BCUT2D eigenvalue weighted by atomic mass is 10.1. The number of thiophene rings is 1. The van der Waals surface area contributed by atoms with Crippen molar-refractivity contribution in [3.63, 3.8) is 0 Å². The predicted molar refractivity (Wildman–Crippen MR) is 81.8 cm³/mol. The average Bonchev–Trinajstić information content (AvgIpc) is 3.17. The minimum atomic E-state index is -0.311. The van der Waals surface area contributed by atoms with Crippen LogP contribution in [0.15, 0.2) is 51.8 Å². The van der Waals surface area contributed by atoms with Crippen molar-refractivity contribution >= 4 is 17.2 Å². The lowest BCUT2D eigenvalue weighted by molar-refractivity contribution is -0.120. The van der Waals surface area contributed by atoms with Crippen molar-refractivity contribution in [2.24, 2.45) is 0 Å². The molecule has 3 rings (SSSR count). The second kappa shape index (κ2) is 6.53. The largest absolute Gasteiger partial charge is 0.356 e. The Morgan fingerprint density at radius 1 is 1.27 bits per heavy atom. The van der Waals surface area contributed by atoms with Crippen molar-refractivity contribution in [3.8, 4) is 11.3 Å². The Balaban J connectivity index is 1.65. The quantitative estimate of drug-likeness (QED) is 0.785. The standard InChI is InChI=1S/C16H13FN2O2S/c17-14-3-1-12(2-4-14)16-13(9-19-21-16)8-18-15(20)7-11-5-6-22-10-11/h1-6,9-10H,7-8H2,(H,18,20). The van der Waals surface area contributed by atoms with Crippen LogP contribution in [0, 0.1) is 5.82 Å². The number of amides is 1. The maximum Gasteiger partial charge on any atom is 0.224 e. The number of benzene rings is 1. The van der Waals surface area contributed by atoms with E-state index < -0.39 is 0 Å². The molecule has 0 bridgehead atoms. The Kier molecular flexibility index (Phi) is 4.29. The fourth-order valence-corrected chi connectivity index (χ4v) is 2.73. The Morgan fingerprint density at radius 3 is 2.82 bits per heavy atom. The van der Waals surface area contributed by atoms with Gasteiger partial charge in [-0.05, 0) is 46.7 Å². The number of hydrogen-bond acceptors (Lipinski definition) is 4. The molecule has 3 aromatic rings. The molecule has 0 unspecified atom stereocenters. The van der Waals surface area contributed by atoms with E-state index in [1.54, 1.807) is 29.7 Å². The first-order valence-electron chi connectivity index (χ1n) is 6.69. The Bertz CT molecular complexity index is 751. The van der Waals surface area contributed by atoms with Crippen molar-refractivity contribution in [1.29, 1.82) is 0 Å². The van der Waals surface area contributed by atoms with Crippen LogP contribution in [0.2, 0.25) is 0 Å². The number of carbonyl (C=O) groups excluding carboxylic acids is 1. The normalized spacial score (nSPS) is 10.6. The highest BCUT2D eigenvalue weighted by Gasteiger charge is 2.12. The van der Waals surface area contributed by atoms with Crippen molar-refractivity contribution in [2.75, 3.05) is 0 Å². The third-order valence-corrected chi connectivity index (χ3v) is 3.90. The van der Waals surface area contributed by atoms with Crippen LogP contribution in [-0.2, 0) is 17.8 Å². The number of aromatic nitrogens is 1. The third-order valence-electron chi connectivity index (χ3n) is 3.17. The second-order valence-electron chi connectivity index (χ2n) is 4.77. The summed E-state index contributed by atoms with van der Waals surface area (Å²) in [5.41, 5.74) is 2.47. The molecule has 0 aliphatic carbocycles. The van der Waals surface area contributed by atoms with Gasteiger partial charge in [-0.1, -0.05) is 5.16 Å². The van der Waals surface area contributed by atoms with Gasteiger partial charge in [-0.15, -0.1) is 0 Å². The van der Waals surface area contributed by atoms with E-state index in [9.17, 15) is 9.18 Å². The van der Waals surface area contributed by atoms with Gasteiger partial charge < -0.3 is 9.84 Å². The molecule has 0 saturated carbocycles. The highest BCUT2D eigenvalue weighted by molar-refractivity contribution is 7.07. The summed E-state index contributed by atoms with van der Waals surface area (Å²) in [6, 6.07) is 7.88. The van der Waals surface area contributed by atoms with Gasteiger partial charge in [0, 0.05) is 17.7 Å². The van der Waals surface area contributed by atoms with Crippen molar-refractivity contribution in [2.45, 2.75) is 13.0 Å². The minimum Gasteiger partial charge on any atom is -0.356 e. The van der Waals surface area contributed by atoms with Crippen molar-refractivity contribution in [1.82, 2.24) is 10.5 Å². The van der Waals surface area contributed by atoms with Crippen LogP contribution in [0.4, 0.5) is 4.39 Å². The van der Waals surface area contributed by atoms with Crippen LogP contribution in [0.25, 0.3) is 11.3 Å². The van der Waals surface area contributed by atoms with Gasteiger partial charge in [0.15, 0.2) is 5.76 Å². The molecule has 22 heavy (non-hydrogen) atoms. The molecule has 0 aliphatic rings. The summed E-state index contributed by atoms with van der Waals surface area (Å²) in [6.45, 7) is 0.319. The van der Waals surface area contributed by atoms with Gasteiger partial charge in [0.25, 0.3) is 0 Å². The monoisotopic (exact) mass is 316 g/mol. The topological polar surface area (TPSA) is 55.1 Å². The predicted octanol–water partition coefficient (Wildman–Crippen LogP) is 3.40. The van der Waals surface area contributed by atoms with Crippen LogP contribution in [-0.4, -0.2) is 11.1 Å². The van der Waals surface area contributed by atoms with E-state index in [0.717, 1.165) is 16.7 Å². The minimum absolute atomic E-state index is 0.0651. The van der Waals surface area contributed by atoms with E-state index in [1.165, 1.54) is 12.1 Å². The van der Waals surface area contributed by atoms with Gasteiger partial charge in [-0.2, -0.15) is 11.3 Å². The van der Waals surface area contributed by atoms with E-state index in [1.807, 2.05) is 16.8 Å². The molecule has 1 N–H and O–H groups in total. The van der Waals surface area contributed by atoms with Crippen LogP contribution in [0.1, 0.15) is 11.1 Å². The molecular weight excluding hydrogens is 303 g/mol. The van der Waals surface area contributed by atoms with E-state index in [0.29, 0.717) is 18.7 Å². The SMILES string of the molecule is O=C(Cc1ccsc1)NCc1cnoc1-c1ccc(F)cc1. The molecular formula is C16H13FN2O2S. The maximum atomic E-state index is 13.0. The fraction of sp³-hybridized carbons (Fsp3) is 0.125. The third kappa shape index (κ3) is 3.40. The molecule has 112 valence electrons. The van der Waals surface area contributed by atoms with E-state index in [2.05, 4.69) is 10.5 Å². The molecule has 2 heterocycles. The number of nitrogens with one attached hydrogen (secondary N) is 1. The Labute approximate surface area is 130 Å². The number of hydrogen-bond donors (Lipinski definition) is 1.